The van der Waals surface area contributed by atoms with Gasteiger partial charge in [0.15, 0.2) is 0 Å². The smallest absolute Gasteiger partial charge is 0.119 e. The van der Waals surface area contributed by atoms with E-state index in [0.717, 1.165) is 11.4 Å². The van der Waals surface area contributed by atoms with Crippen molar-refractivity contribution in [1.29, 1.82) is 0 Å². The van der Waals surface area contributed by atoms with Crippen molar-refractivity contribution in [3.63, 3.8) is 0 Å². The molecule has 1 N–H and O–H groups in total. The van der Waals surface area contributed by atoms with E-state index in [9.17, 15) is 5.11 Å². The second-order valence-electron chi connectivity index (χ2n) is 4.99. The second kappa shape index (κ2) is 6.96. The molecule has 2 aromatic rings. The van der Waals surface area contributed by atoms with Gasteiger partial charge in [0.25, 0.3) is 0 Å². The predicted molar refractivity (Wildman–Crippen MR) is 82.4 cm³/mol. The quantitative estimate of drug-likeness (QED) is 0.877. The highest BCUT2D eigenvalue weighted by Crippen LogP contribution is 2.13. The van der Waals surface area contributed by atoms with Crippen molar-refractivity contribution in [1.82, 2.24) is 0 Å². The molecule has 106 valence electrons. The van der Waals surface area contributed by atoms with Gasteiger partial charge in [-0.05, 0) is 31.2 Å². The van der Waals surface area contributed by atoms with Crippen LogP contribution in [-0.4, -0.2) is 31.4 Å². The molecule has 2 aromatic carbocycles. The zero-order chi connectivity index (χ0) is 14.4. The average molecular weight is 271 g/mol. The number of ether oxygens (including phenoxy) is 1. The molecule has 3 heteroatoms. The van der Waals surface area contributed by atoms with E-state index in [4.69, 9.17) is 4.74 Å². The maximum atomic E-state index is 10.0. The summed E-state index contributed by atoms with van der Waals surface area (Å²) in [5.41, 5.74) is 2.28. The summed E-state index contributed by atoms with van der Waals surface area (Å²) in [6.45, 7) is 2.86. The molecule has 0 saturated carbocycles. The fraction of sp³-hybridized carbons (Fsp3) is 0.294. The number of benzene rings is 2. The van der Waals surface area contributed by atoms with E-state index in [1.54, 1.807) is 0 Å². The minimum atomic E-state index is -0.526. The minimum Gasteiger partial charge on any atom is -0.491 e. The van der Waals surface area contributed by atoms with Crippen LogP contribution in [0, 0.1) is 6.92 Å². The Morgan fingerprint density at radius 1 is 1.05 bits per heavy atom. The summed E-state index contributed by atoms with van der Waals surface area (Å²) >= 11 is 0. The van der Waals surface area contributed by atoms with Crippen molar-refractivity contribution < 1.29 is 9.84 Å². The lowest BCUT2D eigenvalue weighted by molar-refractivity contribution is 0.113. The van der Waals surface area contributed by atoms with Gasteiger partial charge >= 0.3 is 0 Å². The summed E-state index contributed by atoms with van der Waals surface area (Å²) in [7, 11) is 1.96. The molecule has 0 bridgehead atoms. The zero-order valence-corrected chi connectivity index (χ0v) is 12.0. The van der Waals surface area contributed by atoms with Crippen LogP contribution in [-0.2, 0) is 0 Å². The highest BCUT2D eigenvalue weighted by molar-refractivity contribution is 5.45. The maximum absolute atomic E-state index is 10.0. The standard InChI is InChI=1S/C17H21NO2/c1-14-8-10-17(11-9-14)20-13-16(19)12-18(2)15-6-4-3-5-7-15/h3-11,16,19H,12-13H2,1-2H3. The van der Waals surface area contributed by atoms with Crippen LogP contribution < -0.4 is 9.64 Å². The van der Waals surface area contributed by atoms with Crippen molar-refractivity contribution in [2.75, 3.05) is 25.1 Å². The zero-order valence-electron chi connectivity index (χ0n) is 12.0. The molecule has 3 nitrogen and oxygen atoms in total. The monoisotopic (exact) mass is 271 g/mol. The van der Waals surface area contributed by atoms with Crippen molar-refractivity contribution in [2.45, 2.75) is 13.0 Å². The van der Waals surface area contributed by atoms with Gasteiger partial charge < -0.3 is 14.7 Å². The summed E-state index contributed by atoms with van der Waals surface area (Å²) in [4.78, 5) is 2.02. The summed E-state index contributed by atoms with van der Waals surface area (Å²) in [6.07, 6.45) is -0.526. The molecule has 0 spiro atoms. The number of aliphatic hydroxyl groups excluding tert-OH is 1. The van der Waals surface area contributed by atoms with Crippen LogP contribution in [0.1, 0.15) is 5.56 Å². The Balaban J connectivity index is 1.80. The first-order valence-corrected chi connectivity index (χ1v) is 6.79. The number of nitrogens with zero attached hydrogens (tertiary/aromatic N) is 1. The van der Waals surface area contributed by atoms with Crippen LogP contribution in [0.4, 0.5) is 5.69 Å². The van der Waals surface area contributed by atoms with E-state index in [0.29, 0.717) is 13.2 Å². The molecule has 0 fully saturated rings. The molecular formula is C17H21NO2. The van der Waals surface area contributed by atoms with E-state index in [2.05, 4.69) is 0 Å². The Morgan fingerprint density at radius 2 is 1.70 bits per heavy atom. The predicted octanol–water partition coefficient (Wildman–Crippen LogP) is 2.87. The molecule has 20 heavy (non-hydrogen) atoms. The first kappa shape index (κ1) is 14.4. The van der Waals surface area contributed by atoms with E-state index in [1.165, 1.54) is 5.56 Å². The molecule has 2 rings (SSSR count). The molecule has 1 unspecified atom stereocenters. The largest absolute Gasteiger partial charge is 0.491 e. The van der Waals surface area contributed by atoms with Gasteiger partial charge in [0, 0.05) is 19.3 Å². The Morgan fingerprint density at radius 3 is 2.35 bits per heavy atom. The van der Waals surface area contributed by atoms with E-state index in [-0.39, 0.29) is 0 Å². The highest BCUT2D eigenvalue weighted by Gasteiger charge is 2.09. The fourth-order valence-corrected chi connectivity index (χ4v) is 1.98. The summed E-state index contributed by atoms with van der Waals surface area (Å²) < 4.78 is 5.58. The third kappa shape index (κ3) is 4.28. The Labute approximate surface area is 120 Å². The van der Waals surface area contributed by atoms with E-state index >= 15 is 0 Å². The van der Waals surface area contributed by atoms with Gasteiger partial charge in [0.05, 0.1) is 0 Å². The third-order valence-corrected chi connectivity index (χ3v) is 3.14. The van der Waals surface area contributed by atoms with Gasteiger partial charge in [0.2, 0.25) is 0 Å². The first-order valence-electron chi connectivity index (χ1n) is 6.79. The van der Waals surface area contributed by atoms with Crippen LogP contribution in [0.5, 0.6) is 5.75 Å². The number of likely N-dealkylation sites (N-methyl/N-ethyl adjacent to an activating group) is 1. The van der Waals surface area contributed by atoms with Gasteiger partial charge in [-0.1, -0.05) is 35.9 Å². The number of para-hydroxylation sites is 1. The molecule has 0 heterocycles. The molecule has 0 amide bonds. The number of aliphatic hydroxyl groups is 1. The third-order valence-electron chi connectivity index (χ3n) is 3.14. The number of aryl methyl sites for hydroxylation is 1. The Bertz CT molecular complexity index is 510. The lowest BCUT2D eigenvalue weighted by Crippen LogP contribution is -2.33. The molecular weight excluding hydrogens is 250 g/mol. The summed E-state index contributed by atoms with van der Waals surface area (Å²) in [5, 5.41) is 10.0. The summed E-state index contributed by atoms with van der Waals surface area (Å²) in [5.74, 6) is 0.789. The minimum absolute atomic E-state index is 0.292. The van der Waals surface area contributed by atoms with Crippen LogP contribution >= 0.6 is 0 Å². The summed E-state index contributed by atoms with van der Waals surface area (Å²) in [6, 6.07) is 17.8. The number of anilines is 1. The van der Waals surface area contributed by atoms with Crippen molar-refractivity contribution in [2.24, 2.45) is 0 Å². The molecule has 0 aromatic heterocycles. The Hall–Kier alpha value is -2.00. The van der Waals surface area contributed by atoms with Gasteiger partial charge in [-0.3, -0.25) is 0 Å². The van der Waals surface area contributed by atoms with Crippen molar-refractivity contribution in [3.8, 4) is 5.75 Å². The first-order chi connectivity index (χ1) is 9.65. The van der Waals surface area contributed by atoms with Crippen LogP contribution in [0.15, 0.2) is 54.6 Å². The second-order valence-corrected chi connectivity index (χ2v) is 4.99. The fourth-order valence-electron chi connectivity index (χ4n) is 1.98. The van der Waals surface area contributed by atoms with Gasteiger partial charge in [-0.2, -0.15) is 0 Å². The number of hydrogen-bond donors (Lipinski definition) is 1. The molecule has 0 aliphatic heterocycles. The van der Waals surface area contributed by atoms with Gasteiger partial charge in [-0.25, -0.2) is 0 Å². The lowest BCUT2D eigenvalue weighted by atomic mass is 10.2. The van der Waals surface area contributed by atoms with E-state index in [1.807, 2.05) is 73.5 Å². The molecule has 0 radical (unpaired) electrons. The van der Waals surface area contributed by atoms with Crippen LogP contribution in [0.2, 0.25) is 0 Å². The van der Waals surface area contributed by atoms with Crippen molar-refractivity contribution in [3.05, 3.63) is 60.2 Å². The molecule has 0 aliphatic carbocycles. The SMILES string of the molecule is Cc1ccc(OCC(O)CN(C)c2ccccc2)cc1. The Kier molecular flexibility index (Phi) is 5.02. The van der Waals surface area contributed by atoms with Crippen LogP contribution in [0.25, 0.3) is 0 Å². The van der Waals surface area contributed by atoms with E-state index < -0.39 is 6.10 Å². The normalized spacial score (nSPS) is 11.9. The number of rotatable bonds is 6. The van der Waals surface area contributed by atoms with Crippen molar-refractivity contribution >= 4 is 5.69 Å². The maximum Gasteiger partial charge on any atom is 0.119 e. The lowest BCUT2D eigenvalue weighted by Gasteiger charge is -2.22. The molecule has 0 saturated heterocycles. The molecule has 0 aliphatic rings. The highest BCUT2D eigenvalue weighted by atomic mass is 16.5. The van der Waals surface area contributed by atoms with Crippen LogP contribution in [0.3, 0.4) is 0 Å². The van der Waals surface area contributed by atoms with Gasteiger partial charge in [0.1, 0.15) is 18.5 Å². The topological polar surface area (TPSA) is 32.7 Å². The number of hydrogen-bond acceptors (Lipinski definition) is 3. The average Bonchev–Trinajstić information content (AvgIpc) is 2.47. The molecule has 1 atom stereocenters. The van der Waals surface area contributed by atoms with Gasteiger partial charge in [-0.15, -0.1) is 0 Å².